The topological polar surface area (TPSA) is 42.7 Å². The van der Waals surface area contributed by atoms with Crippen molar-refractivity contribution in [1.29, 1.82) is 0 Å². The smallest absolute Gasteiger partial charge is 0.150 e. The van der Waals surface area contributed by atoms with Gasteiger partial charge >= 0.3 is 0 Å². The Morgan fingerprint density at radius 1 is 1.35 bits per heavy atom. The Bertz CT molecular complexity index is 588. The van der Waals surface area contributed by atoms with Crippen LogP contribution in [-0.2, 0) is 13.0 Å². The number of fused-ring (bicyclic) bond motifs is 1. The summed E-state index contributed by atoms with van der Waals surface area (Å²) in [5, 5.41) is 12.4. The molecule has 2 aromatic rings. The lowest BCUT2D eigenvalue weighted by atomic mass is 10.1. The molecular weight excluding hydrogens is 248 g/mol. The van der Waals surface area contributed by atoms with Crippen LogP contribution in [0.2, 0.25) is 0 Å². The second-order valence-electron chi connectivity index (χ2n) is 5.59. The van der Waals surface area contributed by atoms with Crippen LogP contribution in [0.15, 0.2) is 24.3 Å². The third kappa shape index (κ3) is 2.61. The maximum atomic E-state index is 4.43. The van der Waals surface area contributed by atoms with Crippen molar-refractivity contribution in [1.82, 2.24) is 20.1 Å². The number of aryl methyl sites for hydroxylation is 1. The van der Waals surface area contributed by atoms with Crippen molar-refractivity contribution in [2.75, 3.05) is 6.54 Å². The summed E-state index contributed by atoms with van der Waals surface area (Å²) in [7, 11) is 0. The van der Waals surface area contributed by atoms with E-state index in [1.54, 1.807) is 0 Å². The number of aromatic nitrogens is 3. The van der Waals surface area contributed by atoms with Gasteiger partial charge in [-0.2, -0.15) is 0 Å². The average molecular weight is 270 g/mol. The summed E-state index contributed by atoms with van der Waals surface area (Å²) in [5.41, 5.74) is 2.61. The fraction of sp³-hybridized carbons (Fsp3) is 0.500. The highest BCUT2D eigenvalue weighted by molar-refractivity contribution is 5.25. The quantitative estimate of drug-likeness (QED) is 0.928. The van der Waals surface area contributed by atoms with Crippen LogP contribution in [0.25, 0.3) is 0 Å². The second-order valence-corrected chi connectivity index (χ2v) is 5.59. The lowest BCUT2D eigenvalue weighted by Gasteiger charge is -2.24. The first-order chi connectivity index (χ1) is 9.78. The number of nitrogens with one attached hydrogen (secondary N) is 1. The van der Waals surface area contributed by atoms with Crippen molar-refractivity contribution in [3.05, 3.63) is 47.0 Å². The minimum absolute atomic E-state index is 0.368. The molecular formula is C16H22N4. The Morgan fingerprint density at radius 2 is 2.25 bits per heavy atom. The molecule has 1 aliphatic heterocycles. The van der Waals surface area contributed by atoms with Crippen molar-refractivity contribution >= 4 is 0 Å². The predicted octanol–water partition coefficient (Wildman–Crippen LogP) is 2.62. The first kappa shape index (κ1) is 13.3. The number of nitrogens with zero attached hydrogens (tertiary/aromatic N) is 3. The molecule has 2 heterocycles. The maximum absolute atomic E-state index is 4.43. The fourth-order valence-corrected chi connectivity index (χ4v) is 2.95. The Balaban J connectivity index is 1.85. The molecule has 0 spiro atoms. The minimum atomic E-state index is 0.368. The van der Waals surface area contributed by atoms with Crippen LogP contribution in [-0.4, -0.2) is 21.3 Å². The van der Waals surface area contributed by atoms with Gasteiger partial charge in [0.05, 0.1) is 6.04 Å². The van der Waals surface area contributed by atoms with E-state index >= 15 is 0 Å². The third-order valence-corrected chi connectivity index (χ3v) is 3.92. The monoisotopic (exact) mass is 270 g/mol. The molecule has 0 radical (unpaired) electrons. The lowest BCUT2D eigenvalue weighted by molar-refractivity contribution is 0.388. The van der Waals surface area contributed by atoms with E-state index in [9.17, 15) is 0 Å². The Morgan fingerprint density at radius 3 is 3.05 bits per heavy atom. The van der Waals surface area contributed by atoms with Gasteiger partial charge in [0.25, 0.3) is 0 Å². The second kappa shape index (κ2) is 5.75. The molecule has 1 aromatic carbocycles. The summed E-state index contributed by atoms with van der Waals surface area (Å²) in [6.07, 6.45) is 3.16. The molecule has 0 saturated heterocycles. The zero-order chi connectivity index (χ0) is 13.9. The maximum Gasteiger partial charge on any atom is 0.150 e. The zero-order valence-electron chi connectivity index (χ0n) is 12.3. The summed E-state index contributed by atoms with van der Waals surface area (Å²) in [6.45, 7) is 6.33. The molecule has 0 amide bonds. The SMILES string of the molecule is CCCC1NCCn2c(Cc3cccc(C)c3)nnc21. The molecule has 1 N–H and O–H groups in total. The van der Waals surface area contributed by atoms with Crippen LogP contribution in [0, 0.1) is 6.92 Å². The largest absolute Gasteiger partial charge is 0.312 e. The summed E-state index contributed by atoms with van der Waals surface area (Å²) in [5.74, 6) is 2.20. The van der Waals surface area contributed by atoms with Gasteiger partial charge in [-0.25, -0.2) is 0 Å². The van der Waals surface area contributed by atoms with E-state index < -0.39 is 0 Å². The van der Waals surface area contributed by atoms with E-state index in [0.717, 1.165) is 44.0 Å². The zero-order valence-corrected chi connectivity index (χ0v) is 12.3. The van der Waals surface area contributed by atoms with E-state index in [0.29, 0.717) is 6.04 Å². The highest BCUT2D eigenvalue weighted by atomic mass is 15.3. The number of hydrogen-bond acceptors (Lipinski definition) is 3. The molecule has 3 rings (SSSR count). The highest BCUT2D eigenvalue weighted by Crippen LogP contribution is 2.22. The van der Waals surface area contributed by atoms with Crippen LogP contribution in [0.4, 0.5) is 0 Å². The van der Waals surface area contributed by atoms with Crippen molar-refractivity contribution in [3.63, 3.8) is 0 Å². The van der Waals surface area contributed by atoms with Crippen LogP contribution in [0.1, 0.15) is 48.6 Å². The van der Waals surface area contributed by atoms with Gasteiger partial charge in [-0.1, -0.05) is 43.2 Å². The molecule has 4 heteroatoms. The van der Waals surface area contributed by atoms with Crippen molar-refractivity contribution in [2.24, 2.45) is 0 Å². The van der Waals surface area contributed by atoms with E-state index in [-0.39, 0.29) is 0 Å². The molecule has 1 atom stereocenters. The van der Waals surface area contributed by atoms with Crippen molar-refractivity contribution < 1.29 is 0 Å². The van der Waals surface area contributed by atoms with Crippen molar-refractivity contribution in [3.8, 4) is 0 Å². The standard InChI is InChI=1S/C16H22N4/c1-3-5-14-16-19-18-15(20(16)9-8-17-14)11-13-7-4-6-12(2)10-13/h4,6-7,10,14,17H,3,5,8-9,11H2,1-2H3. The van der Waals surface area contributed by atoms with Gasteiger partial charge in [-0.05, 0) is 18.9 Å². The molecule has 0 saturated carbocycles. The summed E-state index contributed by atoms with van der Waals surface area (Å²) >= 11 is 0. The number of hydrogen-bond donors (Lipinski definition) is 1. The molecule has 4 nitrogen and oxygen atoms in total. The van der Waals surface area contributed by atoms with Gasteiger partial charge in [0.15, 0.2) is 0 Å². The van der Waals surface area contributed by atoms with Gasteiger partial charge in [0.2, 0.25) is 0 Å². The number of rotatable bonds is 4. The molecule has 0 aliphatic carbocycles. The molecule has 1 unspecified atom stereocenters. The van der Waals surface area contributed by atoms with Crippen LogP contribution in [0.3, 0.4) is 0 Å². The summed E-state index contributed by atoms with van der Waals surface area (Å²) in [6, 6.07) is 9.00. The van der Waals surface area contributed by atoms with E-state index in [1.807, 2.05) is 0 Å². The van der Waals surface area contributed by atoms with Crippen molar-refractivity contribution in [2.45, 2.75) is 45.7 Å². The van der Waals surface area contributed by atoms with Crippen LogP contribution >= 0.6 is 0 Å². The predicted molar refractivity (Wildman–Crippen MR) is 79.7 cm³/mol. The molecule has 0 bridgehead atoms. The first-order valence-electron chi connectivity index (χ1n) is 7.49. The van der Waals surface area contributed by atoms with Gasteiger partial charge in [-0.3, -0.25) is 0 Å². The van der Waals surface area contributed by atoms with E-state index in [1.165, 1.54) is 11.1 Å². The summed E-state index contributed by atoms with van der Waals surface area (Å²) in [4.78, 5) is 0. The van der Waals surface area contributed by atoms with E-state index in [2.05, 4.69) is 58.2 Å². The molecule has 20 heavy (non-hydrogen) atoms. The first-order valence-corrected chi connectivity index (χ1v) is 7.49. The average Bonchev–Trinajstić information content (AvgIpc) is 2.84. The Hall–Kier alpha value is -1.68. The highest BCUT2D eigenvalue weighted by Gasteiger charge is 2.23. The number of benzene rings is 1. The summed E-state index contributed by atoms with van der Waals surface area (Å²) < 4.78 is 2.30. The molecule has 0 fully saturated rings. The molecule has 106 valence electrons. The van der Waals surface area contributed by atoms with Gasteiger partial charge in [-0.15, -0.1) is 10.2 Å². The van der Waals surface area contributed by atoms with Crippen LogP contribution < -0.4 is 5.32 Å². The molecule has 1 aromatic heterocycles. The molecule has 1 aliphatic rings. The van der Waals surface area contributed by atoms with E-state index in [4.69, 9.17) is 0 Å². The van der Waals surface area contributed by atoms with Gasteiger partial charge < -0.3 is 9.88 Å². The lowest BCUT2D eigenvalue weighted by Crippen LogP contribution is -2.34. The van der Waals surface area contributed by atoms with Gasteiger partial charge in [0.1, 0.15) is 11.6 Å². The normalized spacial score (nSPS) is 18.0. The fourth-order valence-electron chi connectivity index (χ4n) is 2.95. The van der Waals surface area contributed by atoms with Crippen LogP contribution in [0.5, 0.6) is 0 Å². The minimum Gasteiger partial charge on any atom is -0.312 e. The Labute approximate surface area is 120 Å². The third-order valence-electron chi connectivity index (χ3n) is 3.92. The Kier molecular flexibility index (Phi) is 3.83. The van der Waals surface area contributed by atoms with Gasteiger partial charge in [0, 0.05) is 19.5 Å².